The Balaban J connectivity index is 2.79. The smallest absolute Gasteiger partial charge is 0.119 e. The first kappa shape index (κ1) is 13.0. The van der Waals surface area contributed by atoms with Crippen molar-refractivity contribution in [2.45, 2.75) is 33.2 Å². The van der Waals surface area contributed by atoms with E-state index in [4.69, 9.17) is 4.74 Å². The third-order valence-electron chi connectivity index (χ3n) is 2.63. The fraction of sp³-hybridized carbons (Fsp3) is 0.571. The van der Waals surface area contributed by atoms with Crippen molar-refractivity contribution in [2.24, 2.45) is 5.92 Å². The summed E-state index contributed by atoms with van der Waals surface area (Å²) in [5.74, 6) is 1.65. The molecular weight excluding hydrogens is 198 g/mol. The summed E-state index contributed by atoms with van der Waals surface area (Å²) in [4.78, 5) is 0. The average Bonchev–Trinajstić information content (AvgIpc) is 2.26. The predicted octanol–water partition coefficient (Wildman–Crippen LogP) is 3.39. The maximum Gasteiger partial charge on any atom is 0.119 e. The zero-order valence-corrected chi connectivity index (χ0v) is 10.8. The minimum Gasteiger partial charge on any atom is -0.494 e. The van der Waals surface area contributed by atoms with Crippen LogP contribution in [0.25, 0.3) is 0 Å². The standard InChI is InChI=1S/C14H23NO/c1-5-16-13-8-6-7-12(10-13)14(15-4)9-11(2)3/h6-8,10-11,14-15H,5,9H2,1-4H3. The molecule has 1 aromatic carbocycles. The summed E-state index contributed by atoms with van der Waals surface area (Å²) < 4.78 is 5.52. The Kier molecular flexibility index (Phi) is 5.33. The largest absolute Gasteiger partial charge is 0.494 e. The Morgan fingerprint density at radius 1 is 1.31 bits per heavy atom. The van der Waals surface area contributed by atoms with Crippen LogP contribution < -0.4 is 10.1 Å². The zero-order chi connectivity index (χ0) is 12.0. The van der Waals surface area contributed by atoms with E-state index in [0.717, 1.165) is 18.8 Å². The summed E-state index contributed by atoms with van der Waals surface area (Å²) in [6, 6.07) is 8.78. The molecule has 1 unspecified atom stereocenters. The van der Waals surface area contributed by atoms with E-state index >= 15 is 0 Å². The zero-order valence-electron chi connectivity index (χ0n) is 10.8. The Bertz CT molecular complexity index is 309. The molecule has 16 heavy (non-hydrogen) atoms. The minimum absolute atomic E-state index is 0.417. The second kappa shape index (κ2) is 6.54. The summed E-state index contributed by atoms with van der Waals surface area (Å²) in [6.07, 6.45) is 1.14. The van der Waals surface area contributed by atoms with Gasteiger partial charge in [0.2, 0.25) is 0 Å². The number of rotatable bonds is 6. The lowest BCUT2D eigenvalue weighted by molar-refractivity contribution is 0.339. The molecular formula is C14H23NO. The van der Waals surface area contributed by atoms with E-state index in [1.54, 1.807) is 0 Å². The molecule has 1 rings (SSSR count). The van der Waals surface area contributed by atoms with Gasteiger partial charge in [-0.2, -0.15) is 0 Å². The van der Waals surface area contributed by atoms with Crippen molar-refractivity contribution in [2.75, 3.05) is 13.7 Å². The van der Waals surface area contributed by atoms with E-state index < -0.39 is 0 Å². The van der Waals surface area contributed by atoms with Gasteiger partial charge in [0.1, 0.15) is 5.75 Å². The molecule has 1 N–H and O–H groups in total. The van der Waals surface area contributed by atoms with Crippen molar-refractivity contribution >= 4 is 0 Å². The monoisotopic (exact) mass is 221 g/mol. The summed E-state index contributed by atoms with van der Waals surface area (Å²) in [7, 11) is 2.01. The van der Waals surface area contributed by atoms with E-state index in [2.05, 4.69) is 37.4 Å². The lowest BCUT2D eigenvalue weighted by Gasteiger charge is -2.19. The third-order valence-corrected chi connectivity index (χ3v) is 2.63. The molecule has 0 heterocycles. The van der Waals surface area contributed by atoms with Crippen LogP contribution in [-0.2, 0) is 0 Å². The molecule has 0 aliphatic heterocycles. The molecule has 0 aliphatic rings. The second-order valence-corrected chi connectivity index (χ2v) is 4.48. The quantitative estimate of drug-likeness (QED) is 0.795. The van der Waals surface area contributed by atoms with Crippen molar-refractivity contribution in [3.8, 4) is 5.75 Å². The normalized spacial score (nSPS) is 12.8. The summed E-state index contributed by atoms with van der Waals surface area (Å²) >= 11 is 0. The Morgan fingerprint density at radius 3 is 2.62 bits per heavy atom. The van der Waals surface area contributed by atoms with Crippen molar-refractivity contribution in [1.82, 2.24) is 5.32 Å². The number of hydrogen-bond donors (Lipinski definition) is 1. The van der Waals surface area contributed by atoms with Gasteiger partial charge in [-0.1, -0.05) is 26.0 Å². The van der Waals surface area contributed by atoms with Gasteiger partial charge in [-0.3, -0.25) is 0 Å². The third kappa shape index (κ3) is 3.86. The van der Waals surface area contributed by atoms with Gasteiger partial charge in [-0.25, -0.2) is 0 Å². The maximum atomic E-state index is 5.52. The molecule has 0 saturated carbocycles. The molecule has 0 spiro atoms. The molecule has 0 radical (unpaired) electrons. The van der Waals surface area contributed by atoms with E-state index in [-0.39, 0.29) is 0 Å². The molecule has 1 atom stereocenters. The highest BCUT2D eigenvalue weighted by Gasteiger charge is 2.11. The topological polar surface area (TPSA) is 21.3 Å². The predicted molar refractivity (Wildman–Crippen MR) is 68.9 cm³/mol. The first-order chi connectivity index (χ1) is 7.67. The SMILES string of the molecule is CCOc1cccc(C(CC(C)C)NC)c1. The van der Waals surface area contributed by atoms with Gasteiger partial charge < -0.3 is 10.1 Å². The molecule has 2 heteroatoms. The van der Waals surface area contributed by atoms with Crippen LogP contribution >= 0.6 is 0 Å². The molecule has 1 aromatic rings. The molecule has 0 saturated heterocycles. The van der Waals surface area contributed by atoms with Gasteiger partial charge in [-0.05, 0) is 44.0 Å². The van der Waals surface area contributed by atoms with Crippen LogP contribution in [0.5, 0.6) is 5.75 Å². The van der Waals surface area contributed by atoms with E-state index in [0.29, 0.717) is 12.0 Å². The fourth-order valence-corrected chi connectivity index (χ4v) is 1.88. The Morgan fingerprint density at radius 2 is 2.06 bits per heavy atom. The molecule has 0 fully saturated rings. The van der Waals surface area contributed by atoms with Crippen molar-refractivity contribution in [1.29, 1.82) is 0 Å². The van der Waals surface area contributed by atoms with E-state index in [9.17, 15) is 0 Å². The fourth-order valence-electron chi connectivity index (χ4n) is 1.88. The van der Waals surface area contributed by atoms with Gasteiger partial charge in [0.15, 0.2) is 0 Å². The first-order valence-corrected chi connectivity index (χ1v) is 6.07. The molecule has 2 nitrogen and oxygen atoms in total. The summed E-state index contributed by atoms with van der Waals surface area (Å²) in [5, 5.41) is 3.36. The Hall–Kier alpha value is -1.02. The van der Waals surface area contributed by atoms with Crippen LogP contribution in [-0.4, -0.2) is 13.7 Å². The molecule has 0 bridgehead atoms. The van der Waals surface area contributed by atoms with Gasteiger partial charge >= 0.3 is 0 Å². The molecule has 0 amide bonds. The highest BCUT2D eigenvalue weighted by Crippen LogP contribution is 2.24. The van der Waals surface area contributed by atoms with Crippen molar-refractivity contribution in [3.63, 3.8) is 0 Å². The minimum atomic E-state index is 0.417. The second-order valence-electron chi connectivity index (χ2n) is 4.48. The van der Waals surface area contributed by atoms with Crippen LogP contribution in [0.3, 0.4) is 0 Å². The molecule has 0 aromatic heterocycles. The van der Waals surface area contributed by atoms with Crippen LogP contribution in [0, 0.1) is 5.92 Å². The van der Waals surface area contributed by atoms with Crippen molar-refractivity contribution in [3.05, 3.63) is 29.8 Å². The molecule has 0 aliphatic carbocycles. The van der Waals surface area contributed by atoms with Gasteiger partial charge in [0.05, 0.1) is 6.61 Å². The summed E-state index contributed by atoms with van der Waals surface area (Å²) in [6.45, 7) is 7.22. The lowest BCUT2D eigenvalue weighted by Crippen LogP contribution is -2.18. The lowest BCUT2D eigenvalue weighted by atomic mass is 9.97. The van der Waals surface area contributed by atoms with Crippen LogP contribution in [0.15, 0.2) is 24.3 Å². The number of ether oxygens (including phenoxy) is 1. The number of hydrogen-bond acceptors (Lipinski definition) is 2. The van der Waals surface area contributed by atoms with E-state index in [1.165, 1.54) is 5.56 Å². The van der Waals surface area contributed by atoms with E-state index in [1.807, 2.05) is 20.0 Å². The first-order valence-electron chi connectivity index (χ1n) is 6.07. The highest BCUT2D eigenvalue weighted by molar-refractivity contribution is 5.30. The summed E-state index contributed by atoms with van der Waals surface area (Å²) in [5.41, 5.74) is 1.31. The van der Waals surface area contributed by atoms with Gasteiger partial charge in [-0.15, -0.1) is 0 Å². The molecule has 90 valence electrons. The van der Waals surface area contributed by atoms with Crippen LogP contribution in [0.4, 0.5) is 0 Å². The van der Waals surface area contributed by atoms with Crippen LogP contribution in [0.2, 0.25) is 0 Å². The van der Waals surface area contributed by atoms with Gasteiger partial charge in [0, 0.05) is 6.04 Å². The maximum absolute atomic E-state index is 5.52. The van der Waals surface area contributed by atoms with Crippen LogP contribution in [0.1, 0.15) is 38.8 Å². The van der Waals surface area contributed by atoms with Gasteiger partial charge in [0.25, 0.3) is 0 Å². The highest BCUT2D eigenvalue weighted by atomic mass is 16.5. The number of benzene rings is 1. The average molecular weight is 221 g/mol. The number of nitrogens with one attached hydrogen (secondary N) is 1. The van der Waals surface area contributed by atoms with Crippen molar-refractivity contribution < 1.29 is 4.74 Å². The Labute approximate surface area is 99.0 Å².